The highest BCUT2D eigenvalue weighted by molar-refractivity contribution is 7.07. The molecule has 3 atom stereocenters. The number of nitrogens with one attached hydrogen (secondary N) is 2. The zero-order chi connectivity index (χ0) is 36.3. The number of likely N-dealkylation sites (N-methyl/N-ethyl adjacent to an activating group) is 1. The fourth-order valence-electron chi connectivity index (χ4n) is 6.65. The van der Waals surface area contributed by atoms with Crippen LogP contribution in [0, 0.1) is 11.7 Å². The summed E-state index contributed by atoms with van der Waals surface area (Å²) in [5, 5.41) is 16.1. The summed E-state index contributed by atoms with van der Waals surface area (Å²) in [6, 6.07) is 1.07. The van der Waals surface area contributed by atoms with Gasteiger partial charge in [-0.2, -0.15) is 0 Å². The number of halogens is 1. The van der Waals surface area contributed by atoms with Crippen molar-refractivity contribution in [2.75, 3.05) is 20.1 Å². The molecule has 2 aliphatic rings. The average Bonchev–Trinajstić information content (AvgIpc) is 3.90. The third-order valence-electron chi connectivity index (χ3n) is 9.40. The number of ether oxygens (including phenoxy) is 1. The van der Waals surface area contributed by atoms with Crippen LogP contribution in [0.25, 0.3) is 0 Å². The molecule has 0 unspecified atom stereocenters. The topological polar surface area (TPSA) is 152 Å². The Labute approximate surface area is 302 Å². The van der Waals surface area contributed by atoms with Crippen LogP contribution in [-0.2, 0) is 34.0 Å². The number of carbonyl (C=O) groups excluding carboxylic acids is 4. The molecule has 5 rings (SSSR count). The van der Waals surface area contributed by atoms with Crippen LogP contribution in [0.2, 0.25) is 0 Å². The summed E-state index contributed by atoms with van der Waals surface area (Å²) in [5.41, 5.74) is 3.01. The summed E-state index contributed by atoms with van der Waals surface area (Å²) in [6.07, 6.45) is 9.16. The van der Waals surface area contributed by atoms with E-state index in [0.717, 1.165) is 44.6 Å². The molecule has 4 heterocycles. The van der Waals surface area contributed by atoms with Gasteiger partial charge in [-0.3, -0.25) is 23.9 Å². The Balaban J connectivity index is 1.40. The maximum absolute atomic E-state index is 14.4. The minimum atomic E-state index is -0.957. The molecule has 51 heavy (non-hydrogen) atoms. The molecule has 15 heteroatoms. The van der Waals surface area contributed by atoms with E-state index in [1.54, 1.807) is 23.4 Å². The maximum atomic E-state index is 14.4. The summed E-state index contributed by atoms with van der Waals surface area (Å²) < 4.78 is 22.0. The fourth-order valence-corrected chi connectivity index (χ4v) is 7.22. The second-order valence-corrected chi connectivity index (χ2v) is 14.5. The summed E-state index contributed by atoms with van der Waals surface area (Å²) in [7, 11) is 1.61. The predicted molar refractivity (Wildman–Crippen MR) is 189 cm³/mol. The molecular weight excluding hydrogens is 676 g/mol. The van der Waals surface area contributed by atoms with Crippen LogP contribution in [0.1, 0.15) is 93.4 Å². The standard InChI is InChI=1S/C36H49FN8O5S/c1-24(2)17-29-35(48)45-16-10-11-30(45)36(49)43(3)31(19-26-22-51-23-39-26)34(47)38-14-8-6-4-5-7-9-15-44-20-27(41-42-44)21-50-32-18-25(37)12-13-28(32)33(46)40-29/h12-13,18,20,22-24,29-31H,4-11,14-17,19,21H2,1-3H3,(H,38,47)(H,40,46)/t29-,30-,31+/m1/s1. The molecule has 1 aromatic carbocycles. The van der Waals surface area contributed by atoms with E-state index in [1.165, 1.54) is 33.3 Å². The molecule has 2 bridgehead atoms. The van der Waals surface area contributed by atoms with Crippen molar-refractivity contribution in [2.24, 2.45) is 5.92 Å². The molecule has 3 aromatic rings. The number of aryl methyl sites for hydroxylation is 1. The molecule has 276 valence electrons. The van der Waals surface area contributed by atoms with E-state index in [1.807, 2.05) is 19.2 Å². The molecule has 1 saturated heterocycles. The highest BCUT2D eigenvalue weighted by Crippen LogP contribution is 2.25. The largest absolute Gasteiger partial charge is 0.486 e. The van der Waals surface area contributed by atoms with Gasteiger partial charge in [0.25, 0.3) is 5.91 Å². The maximum Gasteiger partial charge on any atom is 0.255 e. The summed E-state index contributed by atoms with van der Waals surface area (Å²) in [5.74, 6) is -2.12. The van der Waals surface area contributed by atoms with Crippen molar-refractivity contribution in [3.05, 3.63) is 58.1 Å². The molecule has 13 nitrogen and oxygen atoms in total. The van der Waals surface area contributed by atoms with E-state index < -0.39 is 29.8 Å². The van der Waals surface area contributed by atoms with Crippen LogP contribution in [-0.4, -0.2) is 91.7 Å². The quantitative estimate of drug-likeness (QED) is 0.408. The van der Waals surface area contributed by atoms with Crippen LogP contribution in [0.5, 0.6) is 5.75 Å². The number of aromatic nitrogens is 4. The third kappa shape index (κ3) is 10.3. The van der Waals surface area contributed by atoms with Crippen molar-refractivity contribution in [2.45, 2.75) is 109 Å². The number of fused-ring (bicyclic) bond motifs is 4. The second-order valence-electron chi connectivity index (χ2n) is 13.8. The molecule has 4 amide bonds. The lowest BCUT2D eigenvalue weighted by molar-refractivity contribution is -0.147. The van der Waals surface area contributed by atoms with Gasteiger partial charge in [-0.15, -0.1) is 16.4 Å². The van der Waals surface area contributed by atoms with E-state index in [9.17, 15) is 23.6 Å². The van der Waals surface area contributed by atoms with Gasteiger partial charge in [0, 0.05) is 44.5 Å². The molecule has 0 saturated carbocycles. The molecular formula is C36H49FN8O5S. The van der Waals surface area contributed by atoms with E-state index in [4.69, 9.17) is 4.74 Å². The zero-order valence-electron chi connectivity index (χ0n) is 29.7. The first kappa shape index (κ1) is 37.8. The number of hydrogen-bond acceptors (Lipinski definition) is 9. The second kappa shape index (κ2) is 18.2. The highest BCUT2D eigenvalue weighted by Gasteiger charge is 2.41. The van der Waals surface area contributed by atoms with Gasteiger partial charge in [0.15, 0.2) is 0 Å². The normalized spacial score (nSPS) is 22.3. The SMILES string of the molecule is CC(C)C[C@H]1NC(=O)c2ccc(F)cc2OCc2cn(nn2)CCCCCCCCNC(=O)[C@H](Cc2cscn2)N(C)C(=O)[C@H]2CCCN2C1=O. The number of benzene rings is 1. The predicted octanol–water partition coefficient (Wildman–Crippen LogP) is 4.13. The Morgan fingerprint density at radius 1 is 1.02 bits per heavy atom. The third-order valence-corrected chi connectivity index (χ3v) is 10.0. The molecule has 2 aromatic heterocycles. The summed E-state index contributed by atoms with van der Waals surface area (Å²) >= 11 is 1.42. The number of hydrogen-bond donors (Lipinski definition) is 2. The lowest BCUT2D eigenvalue weighted by Gasteiger charge is -2.34. The number of nitrogens with zero attached hydrogens (tertiary/aromatic N) is 6. The van der Waals surface area contributed by atoms with Crippen LogP contribution in [0.3, 0.4) is 0 Å². The van der Waals surface area contributed by atoms with Crippen molar-refractivity contribution >= 4 is 35.0 Å². The van der Waals surface area contributed by atoms with Crippen molar-refractivity contribution in [3.63, 3.8) is 0 Å². The smallest absolute Gasteiger partial charge is 0.255 e. The van der Waals surface area contributed by atoms with Gasteiger partial charge >= 0.3 is 0 Å². The Hall–Kier alpha value is -4.40. The molecule has 0 spiro atoms. The van der Waals surface area contributed by atoms with Gasteiger partial charge in [0.1, 0.15) is 42.0 Å². The molecule has 2 aliphatic heterocycles. The van der Waals surface area contributed by atoms with Gasteiger partial charge in [-0.05, 0) is 50.2 Å². The minimum absolute atomic E-state index is 0.0134. The number of thiazole rings is 1. The van der Waals surface area contributed by atoms with Crippen molar-refractivity contribution in [3.8, 4) is 5.75 Å². The van der Waals surface area contributed by atoms with Gasteiger partial charge in [-0.1, -0.05) is 44.7 Å². The molecule has 0 aliphatic carbocycles. The molecule has 1 fully saturated rings. The fraction of sp³-hybridized carbons (Fsp3) is 0.583. The van der Waals surface area contributed by atoms with E-state index in [0.29, 0.717) is 50.3 Å². The first-order valence-corrected chi connectivity index (χ1v) is 18.9. The van der Waals surface area contributed by atoms with Crippen LogP contribution in [0.4, 0.5) is 4.39 Å². The van der Waals surface area contributed by atoms with Crippen LogP contribution in [0.15, 0.2) is 35.3 Å². The van der Waals surface area contributed by atoms with Gasteiger partial charge in [-0.25, -0.2) is 9.37 Å². The highest BCUT2D eigenvalue weighted by atomic mass is 32.1. The van der Waals surface area contributed by atoms with Crippen LogP contribution < -0.4 is 15.4 Å². The zero-order valence-corrected chi connectivity index (χ0v) is 30.5. The number of carbonyl (C=O) groups is 4. The number of amides is 4. The summed E-state index contributed by atoms with van der Waals surface area (Å²) in [4.78, 5) is 63.0. The van der Waals surface area contributed by atoms with Gasteiger partial charge in [0.05, 0.1) is 23.0 Å². The van der Waals surface area contributed by atoms with Crippen molar-refractivity contribution in [1.82, 2.24) is 40.4 Å². The Morgan fingerprint density at radius 3 is 2.57 bits per heavy atom. The Morgan fingerprint density at radius 2 is 1.80 bits per heavy atom. The van der Waals surface area contributed by atoms with E-state index in [2.05, 4.69) is 25.9 Å². The summed E-state index contributed by atoms with van der Waals surface area (Å²) in [6.45, 7) is 5.38. The van der Waals surface area contributed by atoms with Crippen molar-refractivity contribution in [1.29, 1.82) is 0 Å². The van der Waals surface area contributed by atoms with Gasteiger partial charge in [0.2, 0.25) is 17.7 Å². The first-order valence-electron chi connectivity index (χ1n) is 17.9. The van der Waals surface area contributed by atoms with Crippen LogP contribution >= 0.6 is 11.3 Å². The lowest BCUT2D eigenvalue weighted by atomic mass is 10.0. The average molecular weight is 725 g/mol. The monoisotopic (exact) mass is 724 g/mol. The van der Waals surface area contributed by atoms with Crippen molar-refractivity contribution < 1.29 is 28.3 Å². The Bertz CT molecular complexity index is 1630. The first-order chi connectivity index (χ1) is 24.6. The molecule has 0 radical (unpaired) electrons. The molecule has 2 N–H and O–H groups in total. The Kier molecular flexibility index (Phi) is 13.5. The van der Waals surface area contributed by atoms with E-state index in [-0.39, 0.29) is 48.0 Å². The van der Waals surface area contributed by atoms with Gasteiger partial charge < -0.3 is 25.2 Å². The van der Waals surface area contributed by atoms with E-state index >= 15 is 0 Å². The number of rotatable bonds is 4. The lowest BCUT2D eigenvalue weighted by Crippen LogP contribution is -2.57. The minimum Gasteiger partial charge on any atom is -0.486 e.